The lowest BCUT2D eigenvalue weighted by Crippen LogP contribution is -2.46. The number of epoxide rings is 1. The van der Waals surface area contributed by atoms with Crippen molar-refractivity contribution in [1.29, 1.82) is 0 Å². The first-order chi connectivity index (χ1) is 13.6. The fourth-order valence-electron chi connectivity index (χ4n) is 2.32. The maximum Gasteiger partial charge on any atom is 0.501 e. The van der Waals surface area contributed by atoms with Gasteiger partial charge in [-0.1, -0.05) is 0 Å². The minimum absolute atomic E-state index is 0.331. The largest absolute Gasteiger partial charge is 0.501 e. The van der Waals surface area contributed by atoms with Gasteiger partial charge in [-0.05, 0) is 48.0 Å². The van der Waals surface area contributed by atoms with Crippen LogP contribution in [0.1, 0.15) is 48.0 Å². The van der Waals surface area contributed by atoms with E-state index in [4.69, 9.17) is 36.0 Å². The zero-order valence-corrected chi connectivity index (χ0v) is 20.9. The first kappa shape index (κ1) is 28.1. The number of rotatable bonds is 18. The lowest BCUT2D eigenvalue weighted by Gasteiger charge is -2.28. The summed E-state index contributed by atoms with van der Waals surface area (Å²) >= 11 is 0. The molecule has 1 heterocycles. The van der Waals surface area contributed by atoms with Gasteiger partial charge in [0.1, 0.15) is 6.10 Å². The van der Waals surface area contributed by atoms with Crippen molar-refractivity contribution in [2.75, 3.05) is 59.5 Å². The van der Waals surface area contributed by atoms with Crippen molar-refractivity contribution in [2.45, 2.75) is 60.1 Å². The second kappa shape index (κ2) is 19.1. The summed E-state index contributed by atoms with van der Waals surface area (Å²) in [6.07, 6.45) is 1.23. The first-order valence-corrected chi connectivity index (χ1v) is 13.9. The van der Waals surface area contributed by atoms with Gasteiger partial charge in [-0.25, -0.2) is 0 Å². The molecule has 1 saturated heterocycles. The van der Waals surface area contributed by atoms with Crippen molar-refractivity contribution < 1.29 is 36.0 Å². The van der Waals surface area contributed by atoms with Gasteiger partial charge in [-0.3, -0.25) is 0 Å². The summed E-state index contributed by atoms with van der Waals surface area (Å²) in [6.45, 7) is 17.9. The maximum absolute atomic E-state index is 5.76. The van der Waals surface area contributed by atoms with E-state index in [2.05, 4.69) is 0 Å². The number of ether oxygens (including phenoxy) is 2. The normalized spacial score (nSPS) is 16.2. The van der Waals surface area contributed by atoms with Crippen LogP contribution < -0.4 is 0 Å². The van der Waals surface area contributed by atoms with Crippen molar-refractivity contribution in [3.63, 3.8) is 0 Å². The van der Waals surface area contributed by atoms with Crippen LogP contribution in [0.4, 0.5) is 0 Å². The molecule has 1 atom stereocenters. The molecule has 0 N–H and O–H groups in total. The Balaban J connectivity index is 0.000000621. The summed E-state index contributed by atoms with van der Waals surface area (Å²) in [5.41, 5.74) is 0. The molecule has 10 heteroatoms. The Morgan fingerprint density at radius 1 is 0.786 bits per heavy atom. The molecule has 0 aromatic rings. The third kappa shape index (κ3) is 15.0. The van der Waals surface area contributed by atoms with E-state index in [9.17, 15) is 0 Å². The van der Waals surface area contributed by atoms with E-state index in [-0.39, 0.29) is 0 Å². The highest BCUT2D eigenvalue weighted by atomic mass is 28.4. The fourth-order valence-corrected chi connectivity index (χ4v) is 6.01. The van der Waals surface area contributed by atoms with Gasteiger partial charge in [0.2, 0.25) is 0 Å². The number of hydrogen-bond acceptors (Lipinski definition) is 8. The second-order valence-corrected chi connectivity index (χ2v) is 10.1. The molecule has 1 fully saturated rings. The lowest BCUT2D eigenvalue weighted by molar-refractivity contribution is 0.0648. The lowest BCUT2D eigenvalue weighted by atomic mass is 10.5. The van der Waals surface area contributed by atoms with E-state index in [0.29, 0.717) is 59.0 Å². The van der Waals surface area contributed by atoms with Gasteiger partial charge in [-0.2, -0.15) is 0 Å². The molecule has 0 spiro atoms. The van der Waals surface area contributed by atoms with Crippen molar-refractivity contribution in [3.05, 3.63) is 0 Å². The van der Waals surface area contributed by atoms with E-state index in [0.717, 1.165) is 19.1 Å². The molecule has 0 aromatic carbocycles. The minimum Gasteiger partial charge on any atom is -0.379 e. The van der Waals surface area contributed by atoms with Gasteiger partial charge in [0.05, 0.1) is 13.2 Å². The Hall–Kier alpha value is 0.114. The highest BCUT2D eigenvalue weighted by molar-refractivity contribution is 6.60. The van der Waals surface area contributed by atoms with E-state index >= 15 is 0 Å². The molecule has 0 radical (unpaired) electrons. The molecule has 1 rings (SSSR count). The molecular weight excluding hydrogens is 400 g/mol. The molecule has 170 valence electrons. The summed E-state index contributed by atoms with van der Waals surface area (Å²) in [4.78, 5) is 0. The average molecular weight is 443 g/mol. The van der Waals surface area contributed by atoms with Crippen molar-refractivity contribution in [2.24, 2.45) is 0 Å². The molecule has 1 aliphatic rings. The van der Waals surface area contributed by atoms with Crippen LogP contribution in [0, 0.1) is 0 Å². The van der Waals surface area contributed by atoms with Gasteiger partial charge < -0.3 is 36.0 Å². The van der Waals surface area contributed by atoms with Gasteiger partial charge in [0.15, 0.2) is 0 Å². The maximum atomic E-state index is 5.76. The van der Waals surface area contributed by atoms with E-state index in [1.165, 1.54) is 0 Å². The van der Waals surface area contributed by atoms with Gasteiger partial charge in [0.25, 0.3) is 0 Å². The summed E-state index contributed by atoms with van der Waals surface area (Å²) in [6, 6.07) is 0.814. The Kier molecular flexibility index (Phi) is 19.2. The van der Waals surface area contributed by atoms with Crippen LogP contribution in [0.2, 0.25) is 6.04 Å². The highest BCUT2D eigenvalue weighted by Gasteiger charge is 2.39. The van der Waals surface area contributed by atoms with Crippen LogP contribution in [-0.4, -0.2) is 83.9 Å². The monoisotopic (exact) mass is 442 g/mol. The third-order valence-electron chi connectivity index (χ3n) is 3.48. The second-order valence-electron chi connectivity index (χ2n) is 5.77. The highest BCUT2D eigenvalue weighted by Crippen LogP contribution is 2.18. The van der Waals surface area contributed by atoms with Crippen LogP contribution >= 0.6 is 0 Å². The average Bonchev–Trinajstić information content (AvgIpc) is 3.48. The van der Waals surface area contributed by atoms with Gasteiger partial charge in [0, 0.05) is 52.3 Å². The van der Waals surface area contributed by atoms with Crippen molar-refractivity contribution in [3.8, 4) is 0 Å². The van der Waals surface area contributed by atoms with Crippen LogP contribution in [0.15, 0.2) is 0 Å². The topological polar surface area (TPSA) is 77.1 Å². The minimum atomic E-state index is -2.47. The Labute approximate surface area is 174 Å². The SMILES string of the molecule is CCO[SiH](OCC)OCC.CCO[Si](CCCOCC1CO1)(OCC)OCC. The summed E-state index contributed by atoms with van der Waals surface area (Å²) in [5.74, 6) is 0. The molecule has 0 bridgehead atoms. The molecule has 28 heavy (non-hydrogen) atoms. The van der Waals surface area contributed by atoms with Gasteiger partial charge >= 0.3 is 18.3 Å². The zero-order chi connectivity index (χ0) is 21.1. The molecule has 8 nitrogen and oxygen atoms in total. The third-order valence-corrected chi connectivity index (χ3v) is 8.45. The molecule has 0 aliphatic carbocycles. The standard InChI is InChI=1S/C12H26O5Si.C6H16O3Si/c1-4-15-18(16-5-2,17-6-3)9-7-8-13-10-12-11-14-12;1-4-7-10(8-5-2)9-6-3/h12H,4-11H2,1-3H3;10H,4-6H2,1-3H3. The first-order valence-electron chi connectivity index (χ1n) is 10.6. The van der Waals surface area contributed by atoms with Gasteiger partial charge in [-0.15, -0.1) is 0 Å². The summed E-state index contributed by atoms with van der Waals surface area (Å²) in [7, 11) is -4.20. The molecule has 1 aliphatic heterocycles. The van der Waals surface area contributed by atoms with Crippen LogP contribution in [0.5, 0.6) is 0 Å². The van der Waals surface area contributed by atoms with Crippen molar-refractivity contribution >= 4 is 18.3 Å². The van der Waals surface area contributed by atoms with E-state index in [1.807, 2.05) is 41.5 Å². The van der Waals surface area contributed by atoms with Crippen LogP contribution in [-0.2, 0) is 36.0 Å². The molecule has 0 amide bonds. The quantitative estimate of drug-likeness (QED) is 0.182. The predicted molar refractivity (Wildman–Crippen MR) is 113 cm³/mol. The van der Waals surface area contributed by atoms with E-state index < -0.39 is 18.3 Å². The molecular formula is C18H42O8Si2. The van der Waals surface area contributed by atoms with E-state index in [1.54, 1.807) is 0 Å². The predicted octanol–water partition coefficient (Wildman–Crippen LogP) is 2.65. The Morgan fingerprint density at radius 3 is 1.61 bits per heavy atom. The van der Waals surface area contributed by atoms with Crippen LogP contribution in [0.25, 0.3) is 0 Å². The molecule has 0 aromatic heterocycles. The Morgan fingerprint density at radius 2 is 1.25 bits per heavy atom. The smallest absolute Gasteiger partial charge is 0.379 e. The fraction of sp³-hybridized carbons (Fsp3) is 1.00. The molecule has 1 unspecified atom stereocenters. The summed E-state index contributed by atoms with van der Waals surface area (Å²) in [5, 5.41) is 0. The van der Waals surface area contributed by atoms with Crippen molar-refractivity contribution in [1.82, 2.24) is 0 Å². The Bertz CT molecular complexity index is 303. The number of hydrogen-bond donors (Lipinski definition) is 0. The van der Waals surface area contributed by atoms with Crippen LogP contribution in [0.3, 0.4) is 0 Å². The summed E-state index contributed by atoms with van der Waals surface area (Å²) < 4.78 is 43.5. The molecule has 0 saturated carbocycles. The zero-order valence-electron chi connectivity index (χ0n) is 18.7.